The molecule has 1 amide bonds. The Hall–Kier alpha value is -3.22. The summed E-state index contributed by atoms with van der Waals surface area (Å²) >= 11 is 0. The molecular formula is C20H20FNO5. The topological polar surface area (TPSA) is 81.7 Å². The van der Waals surface area contributed by atoms with Gasteiger partial charge in [0, 0.05) is 11.1 Å². The normalized spacial score (nSPS) is 11.4. The molecule has 6 nitrogen and oxygen atoms in total. The largest absolute Gasteiger partial charge is 0.494 e. The van der Waals surface area contributed by atoms with Gasteiger partial charge in [-0.1, -0.05) is 0 Å². The van der Waals surface area contributed by atoms with Crippen molar-refractivity contribution >= 4 is 17.7 Å². The molecule has 1 N–H and O–H groups in total. The molecule has 2 aromatic rings. The maximum absolute atomic E-state index is 12.9. The first-order chi connectivity index (χ1) is 12.9. The van der Waals surface area contributed by atoms with E-state index in [1.54, 1.807) is 24.3 Å². The van der Waals surface area contributed by atoms with Gasteiger partial charge in [0.05, 0.1) is 6.61 Å². The summed E-state index contributed by atoms with van der Waals surface area (Å²) in [6, 6.07) is 11.4. The maximum atomic E-state index is 12.9. The highest BCUT2D eigenvalue weighted by Crippen LogP contribution is 2.12. The second-order valence-corrected chi connectivity index (χ2v) is 5.64. The number of hydrogen-bond acceptors (Lipinski definition) is 5. The molecule has 2 rings (SSSR count). The van der Waals surface area contributed by atoms with E-state index >= 15 is 0 Å². The predicted molar refractivity (Wildman–Crippen MR) is 96.2 cm³/mol. The van der Waals surface area contributed by atoms with Gasteiger partial charge in [0.25, 0.3) is 5.91 Å². The Morgan fingerprint density at radius 3 is 2.19 bits per heavy atom. The van der Waals surface area contributed by atoms with E-state index in [-0.39, 0.29) is 12.1 Å². The molecule has 0 fully saturated rings. The van der Waals surface area contributed by atoms with Gasteiger partial charge in [-0.2, -0.15) is 0 Å². The third-order valence-corrected chi connectivity index (χ3v) is 3.63. The zero-order valence-corrected chi connectivity index (χ0v) is 15.0. The van der Waals surface area contributed by atoms with Crippen molar-refractivity contribution in [2.24, 2.45) is 0 Å². The minimum absolute atomic E-state index is 0.232. The van der Waals surface area contributed by atoms with Crippen LogP contribution in [-0.4, -0.2) is 36.9 Å². The number of ether oxygens (including phenoxy) is 2. The summed E-state index contributed by atoms with van der Waals surface area (Å²) in [6.45, 7) is 3.41. The zero-order valence-electron chi connectivity index (χ0n) is 15.0. The lowest BCUT2D eigenvalue weighted by atomic mass is 10.1. The number of hydrogen-bond donors (Lipinski definition) is 1. The van der Waals surface area contributed by atoms with Crippen molar-refractivity contribution in [3.63, 3.8) is 0 Å². The highest BCUT2D eigenvalue weighted by atomic mass is 19.1. The summed E-state index contributed by atoms with van der Waals surface area (Å²) in [6.07, 6.45) is -1.05. The quantitative estimate of drug-likeness (QED) is 0.568. The number of ketones is 1. The van der Waals surface area contributed by atoms with Crippen LogP contribution in [0.15, 0.2) is 48.5 Å². The summed E-state index contributed by atoms with van der Waals surface area (Å²) in [7, 11) is 0. The molecule has 7 heteroatoms. The lowest BCUT2D eigenvalue weighted by Crippen LogP contribution is -2.34. The average molecular weight is 373 g/mol. The molecular weight excluding hydrogens is 353 g/mol. The molecule has 27 heavy (non-hydrogen) atoms. The van der Waals surface area contributed by atoms with E-state index in [4.69, 9.17) is 9.47 Å². The molecule has 0 saturated carbocycles. The van der Waals surface area contributed by atoms with Crippen LogP contribution < -0.4 is 10.1 Å². The van der Waals surface area contributed by atoms with Gasteiger partial charge in [0.15, 0.2) is 6.10 Å². The number of esters is 1. The lowest BCUT2D eigenvalue weighted by Gasteiger charge is -2.13. The molecule has 2 aromatic carbocycles. The minimum Gasteiger partial charge on any atom is -0.494 e. The SMILES string of the molecule is CCOc1ccc(C(=O)NCC(=O)O[C@@H](C)C(=O)c2ccc(F)cc2)cc1. The van der Waals surface area contributed by atoms with E-state index in [1.165, 1.54) is 19.1 Å². The second-order valence-electron chi connectivity index (χ2n) is 5.64. The number of benzene rings is 2. The Morgan fingerprint density at radius 1 is 1.00 bits per heavy atom. The van der Waals surface area contributed by atoms with Crippen LogP contribution in [0.2, 0.25) is 0 Å². The van der Waals surface area contributed by atoms with Gasteiger partial charge in [-0.25, -0.2) is 4.39 Å². The molecule has 0 saturated heterocycles. The first kappa shape index (κ1) is 20.1. The van der Waals surface area contributed by atoms with Crippen LogP contribution in [0.5, 0.6) is 5.75 Å². The fourth-order valence-electron chi connectivity index (χ4n) is 2.26. The number of amides is 1. The van der Waals surface area contributed by atoms with Gasteiger partial charge in [-0.05, 0) is 62.4 Å². The van der Waals surface area contributed by atoms with Crippen LogP contribution in [0.4, 0.5) is 4.39 Å². The van der Waals surface area contributed by atoms with Crippen LogP contribution in [0.1, 0.15) is 34.6 Å². The van der Waals surface area contributed by atoms with Crippen LogP contribution in [0, 0.1) is 5.82 Å². The molecule has 142 valence electrons. The second kappa shape index (κ2) is 9.47. The summed E-state index contributed by atoms with van der Waals surface area (Å²) in [5, 5.41) is 2.43. The number of nitrogens with one attached hydrogen (secondary N) is 1. The van der Waals surface area contributed by atoms with E-state index in [1.807, 2.05) is 6.92 Å². The Kier molecular flexibility index (Phi) is 7.05. The van der Waals surface area contributed by atoms with Crippen molar-refractivity contribution in [3.8, 4) is 5.75 Å². The summed E-state index contributed by atoms with van der Waals surface area (Å²) in [4.78, 5) is 36.0. The molecule has 0 aliphatic rings. The van der Waals surface area contributed by atoms with E-state index in [0.717, 1.165) is 12.1 Å². The predicted octanol–water partition coefficient (Wildman–Crippen LogP) is 2.77. The van der Waals surface area contributed by atoms with Crippen molar-refractivity contribution in [3.05, 3.63) is 65.5 Å². The third-order valence-electron chi connectivity index (χ3n) is 3.63. The minimum atomic E-state index is -1.05. The fourth-order valence-corrected chi connectivity index (χ4v) is 2.26. The smallest absolute Gasteiger partial charge is 0.326 e. The van der Waals surface area contributed by atoms with E-state index in [2.05, 4.69) is 5.32 Å². The van der Waals surface area contributed by atoms with Gasteiger partial charge >= 0.3 is 5.97 Å². The number of carbonyl (C=O) groups excluding carboxylic acids is 3. The number of Topliss-reactive ketones (excluding diaryl/α,β-unsaturated/α-hetero) is 1. The zero-order chi connectivity index (χ0) is 19.8. The number of rotatable bonds is 8. The highest BCUT2D eigenvalue weighted by Gasteiger charge is 2.20. The number of carbonyl (C=O) groups is 3. The first-order valence-electron chi connectivity index (χ1n) is 8.41. The summed E-state index contributed by atoms with van der Waals surface area (Å²) < 4.78 is 23.2. The third kappa shape index (κ3) is 5.91. The molecule has 0 heterocycles. The Morgan fingerprint density at radius 2 is 1.59 bits per heavy atom. The van der Waals surface area contributed by atoms with Crippen molar-refractivity contribution < 1.29 is 28.2 Å². The van der Waals surface area contributed by atoms with Gasteiger partial charge in [0.1, 0.15) is 18.1 Å². The molecule has 0 unspecified atom stereocenters. The maximum Gasteiger partial charge on any atom is 0.326 e. The Bertz CT molecular complexity index is 802. The average Bonchev–Trinajstić information content (AvgIpc) is 2.67. The molecule has 0 aliphatic carbocycles. The molecule has 0 spiro atoms. The van der Waals surface area contributed by atoms with Crippen LogP contribution in [-0.2, 0) is 9.53 Å². The molecule has 0 aliphatic heterocycles. The first-order valence-corrected chi connectivity index (χ1v) is 8.41. The lowest BCUT2D eigenvalue weighted by molar-refractivity contribution is -0.145. The Balaban J connectivity index is 1.83. The monoisotopic (exact) mass is 373 g/mol. The molecule has 1 atom stereocenters. The van der Waals surface area contributed by atoms with E-state index < -0.39 is 29.6 Å². The standard InChI is InChI=1S/C20H20FNO5/c1-3-26-17-10-6-15(7-11-17)20(25)22-12-18(23)27-13(2)19(24)14-4-8-16(21)9-5-14/h4-11,13H,3,12H2,1-2H3,(H,22,25)/t13-/m0/s1. The fraction of sp³-hybridized carbons (Fsp3) is 0.250. The van der Waals surface area contributed by atoms with E-state index in [9.17, 15) is 18.8 Å². The van der Waals surface area contributed by atoms with Crippen molar-refractivity contribution in [1.82, 2.24) is 5.32 Å². The number of halogens is 1. The van der Waals surface area contributed by atoms with Gasteiger partial charge in [-0.3, -0.25) is 14.4 Å². The van der Waals surface area contributed by atoms with Crippen LogP contribution >= 0.6 is 0 Å². The van der Waals surface area contributed by atoms with Crippen molar-refractivity contribution in [1.29, 1.82) is 0 Å². The summed E-state index contributed by atoms with van der Waals surface area (Å²) in [5.74, 6) is -1.49. The van der Waals surface area contributed by atoms with Crippen molar-refractivity contribution in [2.45, 2.75) is 20.0 Å². The van der Waals surface area contributed by atoms with Gasteiger partial charge in [-0.15, -0.1) is 0 Å². The van der Waals surface area contributed by atoms with Crippen LogP contribution in [0.25, 0.3) is 0 Å². The summed E-state index contributed by atoms with van der Waals surface area (Å²) in [5.41, 5.74) is 0.594. The Labute approximate surface area is 156 Å². The van der Waals surface area contributed by atoms with E-state index in [0.29, 0.717) is 17.9 Å². The van der Waals surface area contributed by atoms with Gasteiger partial charge < -0.3 is 14.8 Å². The molecule has 0 radical (unpaired) electrons. The highest BCUT2D eigenvalue weighted by molar-refractivity contribution is 6.00. The van der Waals surface area contributed by atoms with Gasteiger partial charge in [0.2, 0.25) is 5.78 Å². The molecule has 0 aromatic heterocycles. The van der Waals surface area contributed by atoms with Crippen molar-refractivity contribution in [2.75, 3.05) is 13.2 Å². The molecule has 0 bridgehead atoms. The van der Waals surface area contributed by atoms with Crippen LogP contribution in [0.3, 0.4) is 0 Å².